The molecule has 5 nitrogen and oxygen atoms in total. The van der Waals surface area contributed by atoms with E-state index in [0.29, 0.717) is 17.2 Å². The highest BCUT2D eigenvalue weighted by Crippen LogP contribution is 2.23. The van der Waals surface area contributed by atoms with Crippen LogP contribution >= 0.6 is 0 Å². The smallest absolute Gasteiger partial charge is 0.261 e. The Hall–Kier alpha value is -3.12. The lowest BCUT2D eigenvalue weighted by Gasteiger charge is -2.21. The highest BCUT2D eigenvalue weighted by molar-refractivity contribution is 7.92. The van der Waals surface area contributed by atoms with Crippen molar-refractivity contribution in [3.8, 4) is 0 Å². The topological polar surface area (TPSA) is 75.3 Å². The molecule has 6 heteroatoms. The summed E-state index contributed by atoms with van der Waals surface area (Å²) in [7, 11) is -3.82. The number of nitrogens with one attached hydrogen (secondary N) is 2. The molecule has 0 fully saturated rings. The number of anilines is 1. The molecule has 0 unspecified atom stereocenters. The zero-order valence-corrected chi connectivity index (χ0v) is 18.8. The molecule has 0 aromatic heterocycles. The normalized spacial score (nSPS) is 12.4. The molecule has 1 atom stereocenters. The van der Waals surface area contributed by atoms with Gasteiger partial charge in [-0.05, 0) is 60.7 Å². The van der Waals surface area contributed by atoms with Crippen molar-refractivity contribution in [1.82, 2.24) is 5.32 Å². The van der Waals surface area contributed by atoms with E-state index in [2.05, 4.69) is 23.9 Å². The SMILES string of the molecule is Cc1cccc(NS(=O)(=O)c2cccc(C(=O)N[C@@H](CC(C)C)c3ccccc3)c2)c1. The van der Waals surface area contributed by atoms with Crippen LogP contribution in [-0.4, -0.2) is 14.3 Å². The van der Waals surface area contributed by atoms with Crippen LogP contribution in [0.25, 0.3) is 0 Å². The molecule has 162 valence electrons. The largest absolute Gasteiger partial charge is 0.345 e. The van der Waals surface area contributed by atoms with Crippen LogP contribution in [0.5, 0.6) is 0 Å². The number of carbonyl (C=O) groups is 1. The predicted molar refractivity (Wildman–Crippen MR) is 125 cm³/mol. The maximum Gasteiger partial charge on any atom is 0.261 e. The summed E-state index contributed by atoms with van der Waals surface area (Å²) in [5, 5.41) is 3.06. The lowest BCUT2D eigenvalue weighted by Crippen LogP contribution is -2.29. The summed E-state index contributed by atoms with van der Waals surface area (Å²) in [5.41, 5.74) is 2.76. The molecule has 0 saturated heterocycles. The Kier molecular flexibility index (Phi) is 7.13. The minimum atomic E-state index is -3.82. The van der Waals surface area contributed by atoms with E-state index in [1.807, 2.05) is 43.3 Å². The van der Waals surface area contributed by atoms with E-state index in [1.165, 1.54) is 12.1 Å². The quantitative estimate of drug-likeness (QED) is 0.502. The molecular formula is C25H28N2O3S. The van der Waals surface area contributed by atoms with Crippen LogP contribution in [0.2, 0.25) is 0 Å². The van der Waals surface area contributed by atoms with Crippen molar-refractivity contribution >= 4 is 21.6 Å². The molecule has 3 aromatic rings. The molecular weight excluding hydrogens is 408 g/mol. The van der Waals surface area contributed by atoms with Gasteiger partial charge in [-0.15, -0.1) is 0 Å². The predicted octanol–water partition coefficient (Wildman–Crippen LogP) is 5.31. The maximum absolute atomic E-state index is 13.0. The number of rotatable bonds is 8. The molecule has 1 amide bonds. The highest BCUT2D eigenvalue weighted by atomic mass is 32.2. The summed E-state index contributed by atoms with van der Waals surface area (Å²) in [4.78, 5) is 13.0. The molecule has 0 spiro atoms. The van der Waals surface area contributed by atoms with Gasteiger partial charge < -0.3 is 5.32 Å². The molecule has 0 bridgehead atoms. The average molecular weight is 437 g/mol. The third-order valence-electron chi connectivity index (χ3n) is 4.89. The summed E-state index contributed by atoms with van der Waals surface area (Å²) < 4.78 is 28.2. The lowest BCUT2D eigenvalue weighted by molar-refractivity contribution is 0.0931. The highest BCUT2D eigenvalue weighted by Gasteiger charge is 2.20. The Bertz CT molecular complexity index is 1140. The Balaban J connectivity index is 1.81. The van der Waals surface area contributed by atoms with Crippen molar-refractivity contribution in [2.45, 2.75) is 38.1 Å². The molecule has 0 heterocycles. The van der Waals surface area contributed by atoms with Gasteiger partial charge in [-0.25, -0.2) is 8.42 Å². The molecule has 0 radical (unpaired) electrons. The van der Waals surface area contributed by atoms with E-state index >= 15 is 0 Å². The molecule has 2 N–H and O–H groups in total. The first-order chi connectivity index (χ1) is 14.7. The molecule has 3 aromatic carbocycles. The number of sulfonamides is 1. The summed E-state index contributed by atoms with van der Waals surface area (Å²) in [6.07, 6.45) is 0.780. The van der Waals surface area contributed by atoms with Crippen LogP contribution in [0.3, 0.4) is 0 Å². The van der Waals surface area contributed by atoms with Crippen molar-refractivity contribution in [2.75, 3.05) is 4.72 Å². The number of benzene rings is 3. The number of hydrogen-bond acceptors (Lipinski definition) is 3. The fourth-order valence-corrected chi connectivity index (χ4v) is 4.50. The minimum Gasteiger partial charge on any atom is -0.345 e. The summed E-state index contributed by atoms with van der Waals surface area (Å²) >= 11 is 0. The first kappa shape index (κ1) is 22.6. The minimum absolute atomic E-state index is 0.0433. The van der Waals surface area contributed by atoms with Crippen molar-refractivity contribution in [1.29, 1.82) is 0 Å². The second-order valence-electron chi connectivity index (χ2n) is 8.07. The number of aryl methyl sites for hydroxylation is 1. The van der Waals surface area contributed by atoms with Crippen molar-refractivity contribution in [2.24, 2.45) is 5.92 Å². The van der Waals surface area contributed by atoms with E-state index in [0.717, 1.165) is 17.5 Å². The average Bonchev–Trinajstić information content (AvgIpc) is 2.73. The molecule has 0 aliphatic heterocycles. The molecule has 0 aliphatic carbocycles. The van der Waals surface area contributed by atoms with Gasteiger partial charge in [0.1, 0.15) is 0 Å². The van der Waals surface area contributed by atoms with Gasteiger partial charge in [0.15, 0.2) is 0 Å². The van der Waals surface area contributed by atoms with Crippen molar-refractivity contribution < 1.29 is 13.2 Å². The third kappa shape index (κ3) is 6.18. The third-order valence-corrected chi connectivity index (χ3v) is 6.27. The monoisotopic (exact) mass is 436 g/mol. The number of carbonyl (C=O) groups excluding carboxylic acids is 1. The van der Waals surface area contributed by atoms with E-state index in [1.54, 1.807) is 30.3 Å². The Morgan fingerprint density at radius 1 is 0.903 bits per heavy atom. The van der Waals surface area contributed by atoms with Gasteiger partial charge in [0.25, 0.3) is 15.9 Å². The van der Waals surface area contributed by atoms with Crippen LogP contribution in [-0.2, 0) is 10.0 Å². The molecule has 0 aliphatic rings. The molecule has 0 saturated carbocycles. The van der Waals surface area contributed by atoms with Gasteiger partial charge >= 0.3 is 0 Å². The molecule has 3 rings (SSSR count). The van der Waals surface area contributed by atoms with Gasteiger partial charge in [-0.2, -0.15) is 0 Å². The number of amides is 1. The first-order valence-corrected chi connectivity index (χ1v) is 11.8. The van der Waals surface area contributed by atoms with Crippen LogP contribution < -0.4 is 10.0 Å². The van der Waals surface area contributed by atoms with E-state index in [-0.39, 0.29) is 16.8 Å². The first-order valence-electron chi connectivity index (χ1n) is 10.3. The van der Waals surface area contributed by atoms with E-state index < -0.39 is 10.0 Å². The van der Waals surface area contributed by atoms with Crippen LogP contribution in [0.4, 0.5) is 5.69 Å². The second kappa shape index (κ2) is 9.79. The van der Waals surface area contributed by atoms with Gasteiger partial charge in [0.05, 0.1) is 10.9 Å². The summed E-state index contributed by atoms with van der Waals surface area (Å²) in [6, 6.07) is 22.9. The van der Waals surface area contributed by atoms with Crippen LogP contribution in [0, 0.1) is 12.8 Å². The Morgan fingerprint density at radius 3 is 2.29 bits per heavy atom. The van der Waals surface area contributed by atoms with E-state index in [9.17, 15) is 13.2 Å². The maximum atomic E-state index is 13.0. The van der Waals surface area contributed by atoms with Gasteiger partial charge in [-0.1, -0.05) is 62.4 Å². The zero-order chi connectivity index (χ0) is 22.4. The standard InChI is InChI=1S/C25H28N2O3S/c1-18(2)15-24(20-10-5-4-6-11-20)26-25(28)21-12-8-14-23(17-21)31(29,30)27-22-13-7-9-19(3)16-22/h4-14,16-18,24,27H,15H2,1-3H3,(H,26,28)/t24-/m0/s1. The Labute approximate surface area is 184 Å². The van der Waals surface area contributed by atoms with Crippen molar-refractivity contribution in [3.63, 3.8) is 0 Å². The van der Waals surface area contributed by atoms with Crippen molar-refractivity contribution in [3.05, 3.63) is 95.6 Å². The Morgan fingerprint density at radius 2 is 1.61 bits per heavy atom. The second-order valence-corrected chi connectivity index (χ2v) is 9.75. The van der Waals surface area contributed by atoms with E-state index in [4.69, 9.17) is 0 Å². The van der Waals surface area contributed by atoms with Crippen LogP contribution in [0.1, 0.15) is 47.8 Å². The fraction of sp³-hybridized carbons (Fsp3) is 0.240. The van der Waals surface area contributed by atoms with Crippen LogP contribution in [0.15, 0.2) is 83.8 Å². The number of hydrogen-bond donors (Lipinski definition) is 2. The van der Waals surface area contributed by atoms with Gasteiger partial charge in [0, 0.05) is 11.3 Å². The lowest BCUT2D eigenvalue weighted by atomic mass is 9.96. The van der Waals surface area contributed by atoms with Gasteiger partial charge in [-0.3, -0.25) is 9.52 Å². The zero-order valence-electron chi connectivity index (χ0n) is 18.0. The molecule has 31 heavy (non-hydrogen) atoms. The summed E-state index contributed by atoms with van der Waals surface area (Å²) in [6.45, 7) is 6.10. The van der Waals surface area contributed by atoms with Gasteiger partial charge in [0.2, 0.25) is 0 Å². The summed E-state index contributed by atoms with van der Waals surface area (Å²) in [5.74, 6) is 0.0813. The fourth-order valence-electron chi connectivity index (χ4n) is 3.40.